The van der Waals surface area contributed by atoms with Crippen molar-refractivity contribution >= 4 is 21.4 Å². The van der Waals surface area contributed by atoms with Crippen LogP contribution in [0.15, 0.2) is 54.6 Å². The van der Waals surface area contributed by atoms with E-state index in [4.69, 9.17) is 0 Å². The Hall–Kier alpha value is -1.71. The fraction of sp³-hybridized carbons (Fsp3) is 0.222. The summed E-state index contributed by atoms with van der Waals surface area (Å²) in [6.45, 7) is 4.28. The van der Waals surface area contributed by atoms with Crippen LogP contribution in [0.5, 0.6) is 0 Å². The monoisotopic (exact) mass is 299 g/mol. The van der Waals surface area contributed by atoms with Crippen molar-refractivity contribution in [2.24, 2.45) is 0 Å². The second-order valence-electron chi connectivity index (χ2n) is 5.35. The molecule has 0 aliphatic rings. The van der Waals surface area contributed by atoms with Crippen LogP contribution in [0, 0.1) is 5.82 Å². The van der Waals surface area contributed by atoms with Crippen molar-refractivity contribution in [2.45, 2.75) is 25.9 Å². The van der Waals surface area contributed by atoms with Gasteiger partial charge in [-0.2, -0.15) is 0 Å². The maximum absolute atomic E-state index is 13.0. The van der Waals surface area contributed by atoms with Gasteiger partial charge in [0.1, 0.15) is 5.82 Å². The van der Waals surface area contributed by atoms with Gasteiger partial charge in [0.25, 0.3) is 0 Å². The first-order valence-electron chi connectivity index (χ1n) is 7.13. The van der Waals surface area contributed by atoms with Crippen LogP contribution in [-0.4, -0.2) is 0 Å². The molecule has 108 valence electrons. The van der Waals surface area contributed by atoms with Crippen molar-refractivity contribution in [1.82, 2.24) is 5.32 Å². The lowest BCUT2D eigenvalue weighted by Crippen LogP contribution is -2.21. The molecule has 3 heteroatoms. The number of halogens is 1. The number of hydrogen-bond donors (Lipinski definition) is 1. The highest BCUT2D eigenvalue weighted by atomic mass is 32.1. The van der Waals surface area contributed by atoms with Gasteiger partial charge in [-0.05, 0) is 49.1 Å². The smallest absolute Gasteiger partial charge is 0.123 e. The molecule has 1 heterocycles. The normalized spacial score (nSPS) is 14.2. The van der Waals surface area contributed by atoms with E-state index in [0.29, 0.717) is 0 Å². The van der Waals surface area contributed by atoms with Crippen molar-refractivity contribution in [2.75, 3.05) is 0 Å². The van der Waals surface area contributed by atoms with Crippen molar-refractivity contribution in [3.8, 4) is 0 Å². The number of hydrogen-bond acceptors (Lipinski definition) is 2. The van der Waals surface area contributed by atoms with Crippen LogP contribution in [0.1, 0.15) is 36.4 Å². The van der Waals surface area contributed by atoms with E-state index in [0.717, 1.165) is 5.56 Å². The summed E-state index contributed by atoms with van der Waals surface area (Å²) in [6.07, 6.45) is 0. The first kappa shape index (κ1) is 14.2. The summed E-state index contributed by atoms with van der Waals surface area (Å²) in [7, 11) is 0. The maximum atomic E-state index is 13.0. The number of nitrogens with one attached hydrogen (secondary N) is 1. The molecule has 0 bridgehead atoms. The van der Waals surface area contributed by atoms with Crippen LogP contribution in [0.4, 0.5) is 4.39 Å². The first-order chi connectivity index (χ1) is 10.1. The zero-order valence-corrected chi connectivity index (χ0v) is 13.0. The summed E-state index contributed by atoms with van der Waals surface area (Å²) < 4.78 is 14.3. The Labute approximate surface area is 128 Å². The third kappa shape index (κ3) is 3.14. The van der Waals surface area contributed by atoms with E-state index in [-0.39, 0.29) is 17.9 Å². The Balaban J connectivity index is 1.75. The van der Waals surface area contributed by atoms with Crippen LogP contribution in [0.25, 0.3) is 10.1 Å². The minimum atomic E-state index is -0.191. The van der Waals surface area contributed by atoms with Crippen LogP contribution >= 0.6 is 11.3 Å². The summed E-state index contributed by atoms with van der Waals surface area (Å²) in [5.74, 6) is -0.191. The largest absolute Gasteiger partial charge is 0.303 e. The van der Waals surface area contributed by atoms with E-state index in [1.165, 1.54) is 27.1 Å². The van der Waals surface area contributed by atoms with Crippen LogP contribution < -0.4 is 5.32 Å². The molecule has 0 saturated heterocycles. The van der Waals surface area contributed by atoms with Crippen LogP contribution in [-0.2, 0) is 0 Å². The SMILES string of the molecule is CC(N[C@@H](C)c1ccc(F)cc1)c1cc2ccccc2s1. The summed E-state index contributed by atoms with van der Waals surface area (Å²) in [5, 5.41) is 4.87. The first-order valence-corrected chi connectivity index (χ1v) is 7.95. The van der Waals surface area contributed by atoms with Gasteiger partial charge >= 0.3 is 0 Å². The van der Waals surface area contributed by atoms with E-state index in [9.17, 15) is 4.39 Å². The molecule has 0 aliphatic carbocycles. The second kappa shape index (κ2) is 5.96. The Kier molecular flexibility index (Phi) is 4.04. The topological polar surface area (TPSA) is 12.0 Å². The molecule has 1 aromatic heterocycles. The lowest BCUT2D eigenvalue weighted by molar-refractivity contribution is 0.499. The van der Waals surface area contributed by atoms with Gasteiger partial charge in [0.05, 0.1) is 0 Å². The van der Waals surface area contributed by atoms with Crippen LogP contribution in [0.2, 0.25) is 0 Å². The minimum Gasteiger partial charge on any atom is -0.303 e. The number of benzene rings is 2. The van der Waals surface area contributed by atoms with E-state index >= 15 is 0 Å². The Morgan fingerprint density at radius 1 is 0.952 bits per heavy atom. The molecule has 0 amide bonds. The maximum Gasteiger partial charge on any atom is 0.123 e. The summed E-state index contributed by atoms with van der Waals surface area (Å²) in [5.41, 5.74) is 1.10. The fourth-order valence-corrected chi connectivity index (χ4v) is 3.60. The number of rotatable bonds is 4. The van der Waals surface area contributed by atoms with Crippen LogP contribution in [0.3, 0.4) is 0 Å². The molecule has 0 aliphatic heterocycles. The van der Waals surface area contributed by atoms with Gasteiger partial charge < -0.3 is 5.32 Å². The molecule has 0 fully saturated rings. The zero-order chi connectivity index (χ0) is 14.8. The van der Waals surface area contributed by atoms with Crippen molar-refractivity contribution in [3.63, 3.8) is 0 Å². The highest BCUT2D eigenvalue weighted by Crippen LogP contribution is 2.30. The molecule has 1 N–H and O–H groups in total. The Bertz CT molecular complexity index is 699. The van der Waals surface area contributed by atoms with Gasteiger partial charge in [-0.1, -0.05) is 30.3 Å². The van der Waals surface area contributed by atoms with Crippen molar-refractivity contribution in [3.05, 3.63) is 70.9 Å². The van der Waals surface area contributed by atoms with Gasteiger partial charge in [-0.15, -0.1) is 11.3 Å². The molecular weight excluding hydrogens is 281 g/mol. The van der Waals surface area contributed by atoms with E-state index in [2.05, 4.69) is 49.5 Å². The van der Waals surface area contributed by atoms with Crippen molar-refractivity contribution < 1.29 is 4.39 Å². The third-order valence-electron chi connectivity index (χ3n) is 3.74. The van der Waals surface area contributed by atoms with Gasteiger partial charge in [0, 0.05) is 21.7 Å². The lowest BCUT2D eigenvalue weighted by atomic mass is 10.1. The summed E-state index contributed by atoms with van der Waals surface area (Å²) >= 11 is 1.82. The quantitative estimate of drug-likeness (QED) is 0.675. The average molecular weight is 299 g/mol. The fourth-order valence-electron chi connectivity index (χ4n) is 2.52. The minimum absolute atomic E-state index is 0.186. The molecule has 21 heavy (non-hydrogen) atoms. The molecular formula is C18H18FNS. The van der Waals surface area contributed by atoms with Crippen molar-refractivity contribution in [1.29, 1.82) is 0 Å². The molecule has 2 aromatic carbocycles. The number of thiophene rings is 1. The molecule has 1 unspecified atom stereocenters. The second-order valence-corrected chi connectivity index (χ2v) is 6.46. The van der Waals surface area contributed by atoms with E-state index in [1.807, 2.05) is 23.5 Å². The Morgan fingerprint density at radius 3 is 2.38 bits per heavy atom. The third-order valence-corrected chi connectivity index (χ3v) is 5.04. The number of fused-ring (bicyclic) bond motifs is 1. The van der Waals surface area contributed by atoms with Gasteiger partial charge in [-0.3, -0.25) is 0 Å². The highest BCUT2D eigenvalue weighted by Gasteiger charge is 2.13. The van der Waals surface area contributed by atoms with Gasteiger partial charge in [0.2, 0.25) is 0 Å². The Morgan fingerprint density at radius 2 is 1.67 bits per heavy atom. The molecule has 3 rings (SSSR count). The lowest BCUT2D eigenvalue weighted by Gasteiger charge is -2.19. The molecule has 0 saturated carbocycles. The average Bonchev–Trinajstić information content (AvgIpc) is 2.92. The highest BCUT2D eigenvalue weighted by molar-refractivity contribution is 7.19. The van der Waals surface area contributed by atoms with Gasteiger partial charge in [0.15, 0.2) is 0 Å². The predicted molar refractivity (Wildman–Crippen MR) is 88.2 cm³/mol. The standard InChI is InChI=1S/C18H18FNS/c1-12(14-7-9-16(19)10-8-14)20-13(2)18-11-15-5-3-4-6-17(15)21-18/h3-13,20H,1-2H3/t12-,13?/m0/s1. The zero-order valence-electron chi connectivity index (χ0n) is 12.1. The van der Waals surface area contributed by atoms with E-state index in [1.54, 1.807) is 0 Å². The predicted octanol–water partition coefficient (Wildman–Crippen LogP) is 5.45. The summed E-state index contributed by atoms with van der Waals surface area (Å²) in [4.78, 5) is 1.32. The summed E-state index contributed by atoms with van der Waals surface area (Å²) in [6, 6.07) is 17.8. The van der Waals surface area contributed by atoms with E-state index < -0.39 is 0 Å². The molecule has 2 atom stereocenters. The molecule has 3 aromatic rings. The van der Waals surface area contributed by atoms with Gasteiger partial charge in [-0.25, -0.2) is 4.39 Å². The molecule has 0 radical (unpaired) electrons. The molecule has 1 nitrogen and oxygen atoms in total. The molecule has 0 spiro atoms.